The average molecular weight is 872 g/mol. The lowest BCUT2D eigenvalue weighted by Crippen LogP contribution is -3.00. The predicted molar refractivity (Wildman–Crippen MR) is 193 cm³/mol. The fraction of sp³-hybridized carbons (Fsp3) is 0.923. The van der Waals surface area contributed by atoms with Crippen molar-refractivity contribution in [3.63, 3.8) is 0 Å². The highest BCUT2D eigenvalue weighted by atomic mass is 127. The Bertz CT molecular complexity index is 1280. The van der Waals surface area contributed by atoms with Crippen molar-refractivity contribution in [1.29, 1.82) is 0 Å². The number of cyclic esters (lactones) is 1. The maximum atomic E-state index is 14.2. The number of esters is 1. The summed E-state index contributed by atoms with van der Waals surface area (Å²) < 4.78 is 45.6. The molecule has 0 aromatic carbocycles. The van der Waals surface area contributed by atoms with Crippen molar-refractivity contribution in [3.8, 4) is 0 Å². The Hall–Kier alpha value is -0.660. The highest BCUT2D eigenvalue weighted by molar-refractivity contribution is 5.73. The van der Waals surface area contributed by atoms with Crippen LogP contribution in [-0.2, 0) is 38.0 Å². The van der Waals surface area contributed by atoms with Crippen molar-refractivity contribution in [1.82, 2.24) is 0 Å². The summed E-state index contributed by atoms with van der Waals surface area (Å²) in [6.07, 6.45) is -7.32. The Labute approximate surface area is 334 Å². The van der Waals surface area contributed by atoms with Gasteiger partial charge in [0.15, 0.2) is 18.7 Å². The van der Waals surface area contributed by atoms with E-state index in [9.17, 15) is 25.2 Å². The molecule has 3 saturated heterocycles. The Morgan fingerprint density at radius 2 is 1.57 bits per heavy atom. The van der Waals surface area contributed by atoms with Gasteiger partial charge in [-0.05, 0) is 67.4 Å². The molecule has 13 nitrogen and oxygen atoms in total. The van der Waals surface area contributed by atoms with Gasteiger partial charge in [-0.2, -0.15) is 0 Å². The number of hydrogen-bond acceptors (Lipinski definition) is 12. The summed E-state index contributed by atoms with van der Waals surface area (Å²) in [4.78, 5) is 14.2. The molecule has 4 aliphatic heterocycles. The number of aliphatic hydroxyl groups is 4. The third-order valence-corrected chi connectivity index (χ3v) is 13.0. The van der Waals surface area contributed by atoms with Gasteiger partial charge in [-0.3, -0.25) is 4.79 Å². The van der Waals surface area contributed by atoms with E-state index in [1.165, 1.54) is 14.0 Å². The van der Waals surface area contributed by atoms with E-state index < -0.39 is 95.8 Å². The molecule has 0 saturated carbocycles. The molecule has 4 unspecified atom stereocenters. The van der Waals surface area contributed by atoms with Crippen molar-refractivity contribution < 1.29 is 86.8 Å². The number of quaternary nitrogens is 1. The molecule has 2 bridgehead atoms. The van der Waals surface area contributed by atoms with Crippen LogP contribution in [-0.4, -0.2) is 143 Å². The Morgan fingerprint density at radius 3 is 2.13 bits per heavy atom. The Morgan fingerprint density at radius 1 is 0.943 bits per heavy atom. The number of nitrogens with zero attached hydrogens (tertiary/aromatic N) is 1. The zero-order valence-corrected chi connectivity index (χ0v) is 36.7. The fourth-order valence-electron chi connectivity index (χ4n) is 9.15. The Balaban J connectivity index is 0.00000756. The van der Waals surface area contributed by atoms with Crippen LogP contribution in [0, 0.1) is 17.8 Å². The van der Waals surface area contributed by atoms with Gasteiger partial charge in [0.1, 0.15) is 41.3 Å². The highest BCUT2D eigenvalue weighted by Crippen LogP contribution is 2.47. The van der Waals surface area contributed by atoms with Crippen LogP contribution in [0.3, 0.4) is 0 Å². The van der Waals surface area contributed by atoms with Gasteiger partial charge in [0, 0.05) is 38.2 Å². The molecule has 3 fully saturated rings. The number of halogens is 1. The average Bonchev–Trinajstić information content (AvgIpc) is 3.40. The number of fused-ring (bicyclic) bond motifs is 2. The van der Waals surface area contributed by atoms with Crippen LogP contribution < -0.4 is 24.0 Å². The van der Waals surface area contributed by atoms with Crippen molar-refractivity contribution in [2.45, 2.75) is 186 Å². The molecular formula is C39H70INO12. The van der Waals surface area contributed by atoms with Gasteiger partial charge in [-0.15, -0.1) is 0 Å². The lowest BCUT2D eigenvalue weighted by Gasteiger charge is -2.49. The van der Waals surface area contributed by atoms with Crippen molar-refractivity contribution in [2.75, 3.05) is 27.7 Å². The van der Waals surface area contributed by atoms with Crippen LogP contribution in [0.1, 0.15) is 102 Å². The molecule has 0 aliphatic carbocycles. The first-order valence-electron chi connectivity index (χ1n) is 19.3. The molecule has 4 rings (SSSR count). The number of carbonyl (C=O) groups excluding carboxylic acids is 1. The molecule has 0 spiro atoms. The van der Waals surface area contributed by atoms with Crippen molar-refractivity contribution in [3.05, 3.63) is 11.3 Å². The molecule has 0 radical (unpaired) electrons. The van der Waals surface area contributed by atoms with Gasteiger partial charge in [-0.1, -0.05) is 20.8 Å². The van der Waals surface area contributed by atoms with E-state index in [0.717, 1.165) is 12.1 Å². The van der Waals surface area contributed by atoms with E-state index in [0.29, 0.717) is 23.1 Å². The molecule has 0 amide bonds. The van der Waals surface area contributed by atoms with Crippen LogP contribution in [0.25, 0.3) is 0 Å². The largest absolute Gasteiger partial charge is 1.00 e. The van der Waals surface area contributed by atoms with Gasteiger partial charge < -0.3 is 82.0 Å². The normalized spacial score (nSPS) is 47.4. The number of methoxy groups -OCH3 is 1. The van der Waals surface area contributed by atoms with Crippen LogP contribution in [0.15, 0.2) is 11.3 Å². The van der Waals surface area contributed by atoms with Gasteiger partial charge in [0.25, 0.3) is 0 Å². The van der Waals surface area contributed by atoms with Crippen LogP contribution >= 0.6 is 0 Å². The second-order valence-corrected chi connectivity index (χ2v) is 17.5. The molecule has 4 heterocycles. The zero-order chi connectivity index (χ0) is 39.3. The SMILES string of the molecule is CCC1OC(=O)C(C)C(O[C@H]2C[C@@](C)(OC)[C@@H](O)[C@@H](C)O2)C(C)[C@@H](O[C@@H]2O[C@H](C)C[C@@H]([N+](C)(C)CC)[C@H]2O)[C@]2(C)CC(C)=C(O2)[C@H](C)[C@@H](O)[C@]1(C)O.[I-]. The summed E-state index contributed by atoms with van der Waals surface area (Å²) in [5.41, 5.74) is -3.00. The third kappa shape index (κ3) is 9.23. The van der Waals surface area contributed by atoms with Gasteiger partial charge in [0.05, 0.1) is 56.6 Å². The molecule has 14 heteroatoms. The first-order chi connectivity index (χ1) is 24.0. The molecular weight excluding hydrogens is 801 g/mol. The monoisotopic (exact) mass is 871 g/mol. The number of rotatable bonds is 8. The minimum atomic E-state index is -1.82. The highest BCUT2D eigenvalue weighted by Gasteiger charge is 2.57. The van der Waals surface area contributed by atoms with E-state index in [2.05, 4.69) is 21.0 Å². The minimum absolute atomic E-state index is 0. The van der Waals surface area contributed by atoms with Gasteiger partial charge in [0.2, 0.25) is 0 Å². The number of likely N-dealkylation sites (N-methyl/N-ethyl adjacent to an activating group) is 1. The Kier molecular flexibility index (Phi) is 15.4. The lowest BCUT2D eigenvalue weighted by atomic mass is 9.78. The molecule has 53 heavy (non-hydrogen) atoms. The summed E-state index contributed by atoms with van der Waals surface area (Å²) in [6, 6.07) is -0.170. The zero-order valence-electron chi connectivity index (χ0n) is 34.5. The second kappa shape index (κ2) is 17.5. The molecule has 4 N–H and O–H groups in total. The maximum absolute atomic E-state index is 14.2. The van der Waals surface area contributed by atoms with Crippen LogP contribution in [0.5, 0.6) is 0 Å². The lowest BCUT2D eigenvalue weighted by molar-refractivity contribution is -0.920. The molecule has 4 aliphatic rings. The topological polar surface area (TPSA) is 163 Å². The standard InChI is InChI=1S/C39H70NO12.HI/c1-15-27-39(11,45)32(42)22(5)30-20(3)18-38(10,52-30)34(51-36-29(41)26(17-21(4)47-36)40(12,13)16-2)23(6)31(24(7)35(44)49-27)50-28-19-37(9,46-14)33(43)25(8)48-28;/h21-29,31-34,36,41-43,45H,15-19H2,1-14H3;1H/q+1;/p-1/t21-,22+,23?,24?,25-,26-,27?,28+,29-,31?,32-,33+,34-,36+,37-,38+,39-;/m1./s1. The quantitative estimate of drug-likeness (QED) is 0.152. The summed E-state index contributed by atoms with van der Waals surface area (Å²) in [5.74, 6) is -2.31. The van der Waals surface area contributed by atoms with E-state index in [1.54, 1.807) is 34.6 Å². The van der Waals surface area contributed by atoms with Gasteiger partial charge in [-0.25, -0.2) is 0 Å². The van der Waals surface area contributed by atoms with Crippen molar-refractivity contribution >= 4 is 5.97 Å². The number of ether oxygens (including phenoxy) is 7. The molecule has 0 aromatic rings. The molecule has 17 atom stereocenters. The van der Waals surface area contributed by atoms with E-state index in [1.807, 2.05) is 27.7 Å². The first kappa shape index (κ1) is 46.7. The van der Waals surface area contributed by atoms with E-state index in [-0.39, 0.29) is 49.0 Å². The van der Waals surface area contributed by atoms with Crippen LogP contribution in [0.2, 0.25) is 0 Å². The summed E-state index contributed by atoms with van der Waals surface area (Å²) in [7, 11) is 5.71. The van der Waals surface area contributed by atoms with E-state index in [4.69, 9.17) is 33.2 Å². The summed E-state index contributed by atoms with van der Waals surface area (Å²) in [5, 5.41) is 46.3. The smallest absolute Gasteiger partial charge is 0.311 e. The maximum Gasteiger partial charge on any atom is 0.311 e. The second-order valence-electron chi connectivity index (χ2n) is 17.5. The molecule has 0 aromatic heterocycles. The third-order valence-electron chi connectivity index (χ3n) is 13.0. The van der Waals surface area contributed by atoms with Crippen LogP contribution in [0.4, 0.5) is 0 Å². The summed E-state index contributed by atoms with van der Waals surface area (Å²) >= 11 is 0. The van der Waals surface area contributed by atoms with Gasteiger partial charge >= 0.3 is 5.97 Å². The number of aliphatic hydroxyl groups excluding tert-OH is 3. The van der Waals surface area contributed by atoms with E-state index >= 15 is 0 Å². The number of hydrogen-bond donors (Lipinski definition) is 4. The summed E-state index contributed by atoms with van der Waals surface area (Å²) in [6.45, 7) is 21.0. The van der Waals surface area contributed by atoms with Crippen molar-refractivity contribution in [2.24, 2.45) is 17.8 Å². The first-order valence-corrected chi connectivity index (χ1v) is 19.3. The fourth-order valence-corrected chi connectivity index (χ4v) is 9.15. The minimum Gasteiger partial charge on any atom is -1.00 e. The number of carbonyl (C=O) groups is 1. The predicted octanol–water partition coefficient (Wildman–Crippen LogP) is 0.431. The molecule has 310 valence electrons.